The molecule has 0 atom stereocenters. The molecule has 0 heterocycles. The van der Waals surface area contributed by atoms with Gasteiger partial charge in [-0.1, -0.05) is 17.7 Å². The van der Waals surface area contributed by atoms with E-state index in [1.165, 1.54) is 6.07 Å². The van der Waals surface area contributed by atoms with Crippen molar-refractivity contribution < 1.29 is 18.3 Å². The number of amides is 2. The van der Waals surface area contributed by atoms with Crippen molar-refractivity contribution in [3.05, 3.63) is 58.7 Å². The monoisotopic (exact) mass is 334 g/mol. The fraction of sp³-hybridized carbons (Fsp3) is 0.278. The average Bonchev–Trinajstić information content (AvgIpc) is 2.48. The standard InChI is InChI=1S/C18H20F2N2O2/c1-11-8-12(2)17(13(3)9-11)24-7-6-21-18(23)22-16-5-4-14(19)10-15(16)20/h4-5,8-10H,6-7H2,1-3H3,(H2,21,22,23). The number of anilines is 1. The van der Waals surface area contributed by atoms with E-state index in [2.05, 4.69) is 10.6 Å². The van der Waals surface area contributed by atoms with E-state index in [9.17, 15) is 13.6 Å². The topological polar surface area (TPSA) is 50.4 Å². The Hall–Kier alpha value is -2.63. The zero-order valence-corrected chi connectivity index (χ0v) is 13.9. The van der Waals surface area contributed by atoms with E-state index in [-0.39, 0.29) is 18.8 Å². The third-order valence-corrected chi connectivity index (χ3v) is 3.42. The van der Waals surface area contributed by atoms with Crippen LogP contribution in [0.15, 0.2) is 30.3 Å². The van der Waals surface area contributed by atoms with Crippen molar-refractivity contribution in [1.82, 2.24) is 5.32 Å². The molecule has 2 amide bonds. The van der Waals surface area contributed by atoms with Gasteiger partial charge in [-0.25, -0.2) is 13.6 Å². The largest absolute Gasteiger partial charge is 0.491 e. The highest BCUT2D eigenvalue weighted by Crippen LogP contribution is 2.24. The van der Waals surface area contributed by atoms with E-state index in [0.29, 0.717) is 6.07 Å². The predicted molar refractivity (Wildman–Crippen MR) is 89.5 cm³/mol. The van der Waals surface area contributed by atoms with E-state index in [1.54, 1.807) is 0 Å². The quantitative estimate of drug-likeness (QED) is 0.809. The number of urea groups is 1. The van der Waals surface area contributed by atoms with Crippen LogP contribution in [0, 0.1) is 32.4 Å². The van der Waals surface area contributed by atoms with Gasteiger partial charge in [-0.15, -0.1) is 0 Å². The molecule has 0 aliphatic heterocycles. The van der Waals surface area contributed by atoms with Crippen molar-refractivity contribution in [1.29, 1.82) is 0 Å². The highest BCUT2D eigenvalue weighted by molar-refractivity contribution is 5.89. The van der Waals surface area contributed by atoms with Crippen LogP contribution in [0.3, 0.4) is 0 Å². The molecule has 128 valence electrons. The normalized spacial score (nSPS) is 10.4. The third kappa shape index (κ3) is 4.68. The van der Waals surface area contributed by atoms with E-state index in [1.807, 2.05) is 32.9 Å². The lowest BCUT2D eigenvalue weighted by Crippen LogP contribution is -2.32. The first kappa shape index (κ1) is 17.7. The molecule has 0 bridgehead atoms. The number of halogens is 2. The molecule has 0 aliphatic carbocycles. The second-order valence-corrected chi connectivity index (χ2v) is 5.58. The average molecular weight is 334 g/mol. The Kier molecular flexibility index (Phi) is 5.73. The Morgan fingerprint density at radius 3 is 2.38 bits per heavy atom. The minimum Gasteiger partial charge on any atom is -0.491 e. The number of hydrogen-bond acceptors (Lipinski definition) is 2. The molecular weight excluding hydrogens is 314 g/mol. The molecule has 0 saturated heterocycles. The summed E-state index contributed by atoms with van der Waals surface area (Å²) in [5, 5.41) is 4.88. The van der Waals surface area contributed by atoms with Gasteiger partial charge in [0.25, 0.3) is 0 Å². The molecular formula is C18H20F2N2O2. The Balaban J connectivity index is 1.81. The van der Waals surface area contributed by atoms with Crippen molar-refractivity contribution in [2.45, 2.75) is 20.8 Å². The van der Waals surface area contributed by atoms with E-state index >= 15 is 0 Å². The molecule has 0 unspecified atom stereocenters. The van der Waals surface area contributed by atoms with Crippen LogP contribution in [0.1, 0.15) is 16.7 Å². The Bertz CT molecular complexity index is 725. The minimum absolute atomic E-state index is 0.0833. The van der Waals surface area contributed by atoms with Gasteiger partial charge >= 0.3 is 6.03 Å². The molecule has 2 aromatic carbocycles. The number of aryl methyl sites for hydroxylation is 3. The first-order chi connectivity index (χ1) is 11.4. The summed E-state index contributed by atoms with van der Waals surface area (Å²) in [6, 6.07) is 6.42. The van der Waals surface area contributed by atoms with Crippen molar-refractivity contribution in [3.8, 4) is 5.75 Å². The first-order valence-corrected chi connectivity index (χ1v) is 7.57. The molecule has 0 fully saturated rings. The van der Waals surface area contributed by atoms with Crippen LogP contribution in [0.4, 0.5) is 19.3 Å². The third-order valence-electron chi connectivity index (χ3n) is 3.42. The van der Waals surface area contributed by atoms with Gasteiger partial charge in [0.2, 0.25) is 0 Å². The van der Waals surface area contributed by atoms with Crippen molar-refractivity contribution in [2.75, 3.05) is 18.5 Å². The maximum Gasteiger partial charge on any atom is 0.319 e. The van der Waals surface area contributed by atoms with Gasteiger partial charge in [0.15, 0.2) is 0 Å². The lowest BCUT2D eigenvalue weighted by atomic mass is 10.1. The van der Waals surface area contributed by atoms with Gasteiger partial charge in [-0.2, -0.15) is 0 Å². The molecule has 6 heteroatoms. The highest BCUT2D eigenvalue weighted by atomic mass is 19.1. The van der Waals surface area contributed by atoms with Crippen molar-refractivity contribution in [3.63, 3.8) is 0 Å². The Morgan fingerprint density at radius 1 is 1.08 bits per heavy atom. The number of carbonyl (C=O) groups is 1. The van der Waals surface area contributed by atoms with Crippen LogP contribution in [-0.4, -0.2) is 19.2 Å². The fourth-order valence-corrected chi connectivity index (χ4v) is 2.47. The maximum atomic E-state index is 13.4. The summed E-state index contributed by atoms with van der Waals surface area (Å²) in [6.45, 7) is 6.48. The minimum atomic E-state index is -0.827. The molecule has 0 aromatic heterocycles. The van der Waals surface area contributed by atoms with Gasteiger partial charge in [0.05, 0.1) is 12.2 Å². The smallest absolute Gasteiger partial charge is 0.319 e. The summed E-state index contributed by atoms with van der Waals surface area (Å²) in [6.07, 6.45) is 0. The van der Waals surface area contributed by atoms with Crippen LogP contribution in [0.5, 0.6) is 5.75 Å². The number of nitrogens with one attached hydrogen (secondary N) is 2. The zero-order valence-electron chi connectivity index (χ0n) is 13.9. The van der Waals surface area contributed by atoms with Crippen LogP contribution in [0.25, 0.3) is 0 Å². The number of hydrogen-bond donors (Lipinski definition) is 2. The van der Waals surface area contributed by atoms with Crippen LogP contribution in [0.2, 0.25) is 0 Å². The second kappa shape index (κ2) is 7.77. The van der Waals surface area contributed by atoms with Gasteiger partial charge in [0, 0.05) is 6.07 Å². The van der Waals surface area contributed by atoms with Gasteiger partial charge in [0.1, 0.15) is 24.0 Å². The maximum absolute atomic E-state index is 13.4. The summed E-state index contributed by atoms with van der Waals surface area (Å²) in [5.74, 6) is -0.726. The SMILES string of the molecule is Cc1cc(C)c(OCCNC(=O)Nc2ccc(F)cc2F)c(C)c1. The molecule has 24 heavy (non-hydrogen) atoms. The molecule has 0 spiro atoms. The summed E-state index contributed by atoms with van der Waals surface area (Å²) in [4.78, 5) is 11.7. The molecule has 0 aliphatic rings. The van der Waals surface area contributed by atoms with Crippen molar-refractivity contribution in [2.24, 2.45) is 0 Å². The molecule has 0 saturated carbocycles. The van der Waals surface area contributed by atoms with Crippen LogP contribution < -0.4 is 15.4 Å². The molecule has 4 nitrogen and oxygen atoms in total. The van der Waals surface area contributed by atoms with Crippen LogP contribution in [-0.2, 0) is 0 Å². The predicted octanol–water partition coefficient (Wildman–Crippen LogP) is 4.09. The molecule has 0 radical (unpaired) electrons. The van der Waals surface area contributed by atoms with Gasteiger partial charge in [-0.05, 0) is 44.0 Å². The molecule has 2 rings (SSSR count). The summed E-state index contributed by atoms with van der Waals surface area (Å²) < 4.78 is 31.9. The van der Waals surface area contributed by atoms with E-state index < -0.39 is 17.7 Å². The van der Waals surface area contributed by atoms with Crippen molar-refractivity contribution >= 4 is 11.7 Å². The van der Waals surface area contributed by atoms with Gasteiger partial charge < -0.3 is 15.4 Å². The van der Waals surface area contributed by atoms with Crippen LogP contribution >= 0.6 is 0 Å². The summed E-state index contributed by atoms with van der Waals surface area (Å²) >= 11 is 0. The lowest BCUT2D eigenvalue weighted by Gasteiger charge is -2.14. The fourth-order valence-electron chi connectivity index (χ4n) is 2.47. The summed E-state index contributed by atoms with van der Waals surface area (Å²) in [5.41, 5.74) is 3.15. The molecule has 2 N–H and O–H groups in total. The molecule has 2 aromatic rings. The zero-order chi connectivity index (χ0) is 17.7. The second-order valence-electron chi connectivity index (χ2n) is 5.58. The first-order valence-electron chi connectivity index (χ1n) is 7.57. The lowest BCUT2D eigenvalue weighted by molar-refractivity contribution is 0.247. The summed E-state index contributed by atoms with van der Waals surface area (Å²) in [7, 11) is 0. The Morgan fingerprint density at radius 2 is 1.75 bits per heavy atom. The van der Waals surface area contributed by atoms with Gasteiger partial charge in [-0.3, -0.25) is 0 Å². The Labute approximate surface area is 139 Å². The number of rotatable bonds is 5. The van der Waals surface area contributed by atoms with E-state index in [4.69, 9.17) is 4.74 Å². The highest BCUT2D eigenvalue weighted by Gasteiger charge is 2.08. The van der Waals surface area contributed by atoms with E-state index in [0.717, 1.165) is 28.5 Å². The number of ether oxygens (including phenoxy) is 1. The number of benzene rings is 2. The number of carbonyl (C=O) groups excluding carboxylic acids is 1.